The van der Waals surface area contributed by atoms with Gasteiger partial charge < -0.3 is 5.32 Å². The van der Waals surface area contributed by atoms with Crippen LogP contribution in [0.1, 0.15) is 11.1 Å². The zero-order chi connectivity index (χ0) is 18.4. The molecule has 2 aromatic carbocycles. The van der Waals surface area contributed by atoms with Crippen molar-refractivity contribution in [2.75, 3.05) is 10.0 Å². The molecule has 0 aromatic heterocycles. The lowest BCUT2D eigenvalue weighted by atomic mass is 10.1. The monoisotopic (exact) mass is 352 g/mol. The summed E-state index contributed by atoms with van der Waals surface area (Å²) in [5, 5.41) is 20.1. The van der Waals surface area contributed by atoms with E-state index < -0.39 is 10.0 Å². The predicted molar refractivity (Wildman–Crippen MR) is 96.1 cm³/mol. The lowest BCUT2D eigenvalue weighted by Gasteiger charge is -2.10. The van der Waals surface area contributed by atoms with Gasteiger partial charge in [-0.15, -0.1) is 0 Å². The van der Waals surface area contributed by atoms with Crippen molar-refractivity contribution >= 4 is 21.4 Å². The summed E-state index contributed by atoms with van der Waals surface area (Å²) in [5.41, 5.74) is 3.07. The highest BCUT2D eigenvalue weighted by molar-refractivity contribution is 7.92. The minimum Gasteiger partial charge on any atom is -0.360 e. The molecule has 0 heterocycles. The third kappa shape index (κ3) is 4.60. The first-order valence-electron chi connectivity index (χ1n) is 7.33. The summed E-state index contributed by atoms with van der Waals surface area (Å²) < 4.78 is 27.4. The van der Waals surface area contributed by atoms with Gasteiger partial charge in [0.2, 0.25) is 0 Å². The summed E-state index contributed by atoms with van der Waals surface area (Å²) >= 11 is 0. The first-order chi connectivity index (χ1) is 11.9. The summed E-state index contributed by atoms with van der Waals surface area (Å²) in [4.78, 5) is 0.112. The number of hydrogen-bond donors (Lipinski definition) is 2. The largest absolute Gasteiger partial charge is 0.360 e. The van der Waals surface area contributed by atoms with Crippen LogP contribution < -0.4 is 10.0 Å². The number of nitrogens with zero attached hydrogens (tertiary/aromatic N) is 2. The Morgan fingerprint density at radius 3 is 2.12 bits per heavy atom. The van der Waals surface area contributed by atoms with E-state index in [1.165, 1.54) is 18.3 Å². The normalized spacial score (nSPS) is 10.2. The van der Waals surface area contributed by atoms with Gasteiger partial charge in [0.15, 0.2) is 0 Å². The number of allylic oxidation sites excluding steroid dienone is 1. The van der Waals surface area contributed by atoms with Crippen LogP contribution in [0.5, 0.6) is 0 Å². The van der Waals surface area contributed by atoms with Crippen LogP contribution >= 0.6 is 0 Å². The van der Waals surface area contributed by atoms with Crippen molar-refractivity contribution in [3.8, 4) is 12.1 Å². The Labute approximate surface area is 147 Å². The van der Waals surface area contributed by atoms with Crippen molar-refractivity contribution in [1.29, 1.82) is 10.5 Å². The zero-order valence-electron chi connectivity index (χ0n) is 13.7. The van der Waals surface area contributed by atoms with Crippen LogP contribution in [0, 0.1) is 36.5 Å². The van der Waals surface area contributed by atoms with Crippen molar-refractivity contribution in [3.05, 3.63) is 65.4 Å². The fourth-order valence-electron chi connectivity index (χ4n) is 1.99. The number of rotatable bonds is 5. The second kappa shape index (κ2) is 7.52. The van der Waals surface area contributed by atoms with Crippen LogP contribution in [0.25, 0.3) is 0 Å². The summed E-state index contributed by atoms with van der Waals surface area (Å²) in [5.74, 6) is 0. The lowest BCUT2D eigenvalue weighted by molar-refractivity contribution is 0.601. The predicted octanol–water partition coefficient (Wildman–Crippen LogP) is 3.45. The highest BCUT2D eigenvalue weighted by atomic mass is 32.2. The zero-order valence-corrected chi connectivity index (χ0v) is 14.6. The molecule has 0 unspecified atom stereocenters. The number of nitriles is 2. The smallest absolute Gasteiger partial charge is 0.261 e. The third-order valence-electron chi connectivity index (χ3n) is 3.55. The molecule has 0 aliphatic rings. The Bertz CT molecular complexity index is 979. The molecule has 2 rings (SSSR count). The number of anilines is 2. The minimum absolute atomic E-state index is 0.0758. The van der Waals surface area contributed by atoms with Crippen molar-refractivity contribution in [2.45, 2.75) is 18.7 Å². The van der Waals surface area contributed by atoms with Crippen LogP contribution in [-0.2, 0) is 10.0 Å². The summed E-state index contributed by atoms with van der Waals surface area (Å²) in [6.45, 7) is 3.87. The Hall–Kier alpha value is -3.29. The van der Waals surface area contributed by atoms with E-state index in [4.69, 9.17) is 10.5 Å². The molecule has 2 aromatic rings. The first kappa shape index (κ1) is 18.1. The van der Waals surface area contributed by atoms with Crippen LogP contribution in [0.3, 0.4) is 0 Å². The number of sulfonamides is 1. The lowest BCUT2D eigenvalue weighted by Crippen LogP contribution is -2.13. The molecule has 0 saturated heterocycles. The Morgan fingerprint density at radius 1 is 0.960 bits per heavy atom. The molecule has 0 spiro atoms. The Kier molecular flexibility index (Phi) is 5.43. The molecule has 0 amide bonds. The van der Waals surface area contributed by atoms with Gasteiger partial charge in [-0.1, -0.05) is 6.07 Å². The van der Waals surface area contributed by atoms with Gasteiger partial charge in [0.05, 0.1) is 4.90 Å². The van der Waals surface area contributed by atoms with Gasteiger partial charge in [-0.05, 0) is 61.4 Å². The standard InChI is InChI=1S/C18H16N4O2S/c1-13-3-4-17(9-14(13)2)22-25(23,24)18-7-5-16(6-8-18)21-12-15(10-19)11-20/h3-9,12,21-22H,1-2H3. The van der Waals surface area contributed by atoms with Crippen molar-refractivity contribution in [3.63, 3.8) is 0 Å². The molecule has 7 heteroatoms. The molecule has 0 atom stereocenters. The van der Waals surface area contributed by atoms with E-state index in [1.807, 2.05) is 19.9 Å². The van der Waals surface area contributed by atoms with Crippen LogP contribution in [0.15, 0.2) is 59.1 Å². The Balaban J connectivity index is 2.17. The van der Waals surface area contributed by atoms with Gasteiger partial charge in [-0.3, -0.25) is 4.72 Å². The summed E-state index contributed by atoms with van der Waals surface area (Å²) in [6.07, 6.45) is 1.26. The molecular weight excluding hydrogens is 336 g/mol. The molecule has 0 saturated carbocycles. The van der Waals surface area contributed by atoms with Gasteiger partial charge >= 0.3 is 0 Å². The fraction of sp³-hybridized carbons (Fsp3) is 0.111. The molecule has 6 nitrogen and oxygen atoms in total. The maximum atomic E-state index is 12.4. The molecule has 0 radical (unpaired) electrons. The van der Waals surface area contributed by atoms with E-state index in [2.05, 4.69) is 10.0 Å². The van der Waals surface area contributed by atoms with Crippen LogP contribution in [0.2, 0.25) is 0 Å². The molecule has 0 fully saturated rings. The maximum absolute atomic E-state index is 12.4. The average Bonchev–Trinajstić information content (AvgIpc) is 2.59. The van der Waals surface area contributed by atoms with Crippen molar-refractivity contribution in [2.24, 2.45) is 0 Å². The number of hydrogen-bond acceptors (Lipinski definition) is 5. The Morgan fingerprint density at radius 2 is 1.56 bits per heavy atom. The van der Waals surface area contributed by atoms with E-state index in [-0.39, 0.29) is 10.5 Å². The summed E-state index contributed by atoms with van der Waals surface area (Å²) in [7, 11) is -3.70. The van der Waals surface area contributed by atoms with E-state index in [0.717, 1.165) is 11.1 Å². The molecule has 0 aliphatic heterocycles. The van der Waals surface area contributed by atoms with E-state index in [1.54, 1.807) is 36.4 Å². The van der Waals surface area contributed by atoms with Gasteiger partial charge in [0.1, 0.15) is 17.7 Å². The number of nitrogens with one attached hydrogen (secondary N) is 2. The molecular formula is C18H16N4O2S. The molecule has 2 N–H and O–H groups in total. The van der Waals surface area contributed by atoms with Crippen LogP contribution in [0.4, 0.5) is 11.4 Å². The van der Waals surface area contributed by atoms with E-state index in [9.17, 15) is 8.42 Å². The first-order valence-corrected chi connectivity index (χ1v) is 8.81. The van der Waals surface area contributed by atoms with Crippen LogP contribution in [-0.4, -0.2) is 8.42 Å². The number of benzene rings is 2. The van der Waals surface area contributed by atoms with E-state index >= 15 is 0 Å². The second-order valence-electron chi connectivity index (χ2n) is 5.35. The topological polar surface area (TPSA) is 106 Å². The van der Waals surface area contributed by atoms with Gasteiger partial charge in [0, 0.05) is 17.6 Å². The SMILES string of the molecule is Cc1ccc(NS(=O)(=O)c2ccc(NC=C(C#N)C#N)cc2)cc1C. The molecule has 126 valence electrons. The molecule has 25 heavy (non-hydrogen) atoms. The second-order valence-corrected chi connectivity index (χ2v) is 7.04. The highest BCUT2D eigenvalue weighted by Crippen LogP contribution is 2.20. The third-order valence-corrected chi connectivity index (χ3v) is 4.95. The summed E-state index contributed by atoms with van der Waals surface area (Å²) in [6, 6.07) is 14.8. The van der Waals surface area contributed by atoms with E-state index in [0.29, 0.717) is 11.4 Å². The average molecular weight is 352 g/mol. The molecule has 0 bridgehead atoms. The maximum Gasteiger partial charge on any atom is 0.261 e. The quantitative estimate of drug-likeness (QED) is 0.802. The number of aryl methyl sites for hydroxylation is 2. The highest BCUT2D eigenvalue weighted by Gasteiger charge is 2.14. The van der Waals surface area contributed by atoms with Gasteiger partial charge in [-0.25, -0.2) is 8.42 Å². The fourth-order valence-corrected chi connectivity index (χ4v) is 3.04. The van der Waals surface area contributed by atoms with Gasteiger partial charge in [-0.2, -0.15) is 10.5 Å². The van der Waals surface area contributed by atoms with Gasteiger partial charge in [0.25, 0.3) is 10.0 Å². The molecule has 0 aliphatic carbocycles. The van der Waals surface area contributed by atoms with Crippen molar-refractivity contribution in [1.82, 2.24) is 0 Å². The minimum atomic E-state index is -3.70. The van der Waals surface area contributed by atoms with Crippen molar-refractivity contribution < 1.29 is 8.42 Å².